The molecule has 1 saturated carbocycles. The standard InChI is InChI=1S/C30H31Cl2N3O6S/c1-2-14-42(38,39)34-29(36)18-8-10-19(11-9-18)35-20-12-13-21(35)16-22(15-20)40-30(37)26-27(33-41-28(26)17-6-7-17)25-23(31)4-3-5-24(25)32/h3-5,8-11,17,20-22H,2,6-7,12-16H2,1H3,(H,34,36). The Bertz CT molecular complexity index is 1590. The van der Waals surface area contributed by atoms with Gasteiger partial charge in [-0.3, -0.25) is 4.79 Å². The molecule has 3 aliphatic rings. The van der Waals surface area contributed by atoms with Crippen LogP contribution in [0.2, 0.25) is 10.0 Å². The number of amides is 1. The van der Waals surface area contributed by atoms with Crippen LogP contribution in [0.5, 0.6) is 0 Å². The van der Waals surface area contributed by atoms with Crippen LogP contribution in [0.3, 0.4) is 0 Å². The van der Waals surface area contributed by atoms with Gasteiger partial charge in [0.1, 0.15) is 17.4 Å². The molecule has 2 aliphatic heterocycles. The van der Waals surface area contributed by atoms with Gasteiger partial charge in [-0.15, -0.1) is 0 Å². The normalized spacial score (nSPS) is 21.8. The highest BCUT2D eigenvalue weighted by atomic mass is 35.5. The molecule has 1 amide bonds. The van der Waals surface area contributed by atoms with Crippen molar-refractivity contribution in [3.63, 3.8) is 0 Å². The van der Waals surface area contributed by atoms with E-state index in [1.54, 1.807) is 37.3 Å². The van der Waals surface area contributed by atoms with Crippen molar-refractivity contribution in [2.24, 2.45) is 0 Å². The van der Waals surface area contributed by atoms with E-state index in [1.807, 2.05) is 12.1 Å². The Balaban J connectivity index is 1.16. The van der Waals surface area contributed by atoms with Crippen molar-refractivity contribution in [3.8, 4) is 11.3 Å². The number of nitrogens with one attached hydrogen (secondary N) is 1. The highest BCUT2D eigenvalue weighted by Gasteiger charge is 2.44. The number of esters is 1. The van der Waals surface area contributed by atoms with E-state index in [0.717, 1.165) is 31.4 Å². The molecule has 2 unspecified atom stereocenters. The molecule has 12 heteroatoms. The number of rotatable bonds is 9. The number of halogens is 2. The third kappa shape index (κ3) is 5.76. The molecule has 3 fully saturated rings. The molecule has 1 aliphatic carbocycles. The lowest BCUT2D eigenvalue weighted by Crippen LogP contribution is -2.46. The Kier molecular flexibility index (Phi) is 7.97. The zero-order valence-electron chi connectivity index (χ0n) is 23.0. The van der Waals surface area contributed by atoms with Crippen molar-refractivity contribution in [1.29, 1.82) is 0 Å². The molecule has 0 radical (unpaired) electrons. The molecule has 6 rings (SSSR count). The Morgan fingerprint density at radius 2 is 1.67 bits per heavy atom. The molecule has 0 spiro atoms. The molecule has 3 heterocycles. The van der Waals surface area contributed by atoms with Crippen molar-refractivity contribution in [2.75, 3.05) is 10.7 Å². The molecular weight excluding hydrogens is 601 g/mol. The number of aromatic nitrogens is 1. The summed E-state index contributed by atoms with van der Waals surface area (Å²) in [5.74, 6) is -0.563. The van der Waals surface area contributed by atoms with E-state index in [2.05, 4.69) is 14.8 Å². The summed E-state index contributed by atoms with van der Waals surface area (Å²) in [6.07, 6.45) is 5.21. The average molecular weight is 633 g/mol. The number of hydrogen-bond donors (Lipinski definition) is 1. The van der Waals surface area contributed by atoms with E-state index in [9.17, 15) is 18.0 Å². The Morgan fingerprint density at radius 3 is 2.26 bits per heavy atom. The van der Waals surface area contributed by atoms with Crippen LogP contribution >= 0.6 is 23.2 Å². The van der Waals surface area contributed by atoms with E-state index in [4.69, 9.17) is 32.5 Å². The van der Waals surface area contributed by atoms with Gasteiger partial charge in [-0.25, -0.2) is 17.9 Å². The third-order valence-electron chi connectivity index (χ3n) is 8.18. The number of carbonyl (C=O) groups is 2. The van der Waals surface area contributed by atoms with Crippen LogP contribution in [0, 0.1) is 0 Å². The maximum Gasteiger partial charge on any atom is 0.344 e. The van der Waals surface area contributed by atoms with Gasteiger partial charge in [-0.1, -0.05) is 41.3 Å². The summed E-state index contributed by atoms with van der Waals surface area (Å²) in [5.41, 5.74) is 2.30. The molecule has 2 atom stereocenters. The summed E-state index contributed by atoms with van der Waals surface area (Å²) < 4.78 is 37.9. The van der Waals surface area contributed by atoms with Gasteiger partial charge < -0.3 is 14.2 Å². The predicted molar refractivity (Wildman–Crippen MR) is 160 cm³/mol. The maximum atomic E-state index is 13.7. The lowest BCUT2D eigenvalue weighted by molar-refractivity contribution is 0.0202. The number of fused-ring (bicyclic) bond motifs is 2. The first-order valence-electron chi connectivity index (χ1n) is 14.2. The third-order valence-corrected chi connectivity index (χ3v) is 10.3. The molecule has 2 bridgehead atoms. The van der Waals surface area contributed by atoms with Crippen LogP contribution in [0.1, 0.15) is 84.3 Å². The molecule has 1 N–H and O–H groups in total. The van der Waals surface area contributed by atoms with E-state index in [0.29, 0.717) is 51.9 Å². The molecule has 222 valence electrons. The van der Waals surface area contributed by atoms with Gasteiger partial charge in [-0.2, -0.15) is 0 Å². The van der Waals surface area contributed by atoms with Gasteiger partial charge in [0.05, 0.1) is 15.8 Å². The van der Waals surface area contributed by atoms with Gasteiger partial charge in [0.15, 0.2) is 5.76 Å². The first-order valence-corrected chi connectivity index (χ1v) is 16.6. The molecule has 2 saturated heterocycles. The second-order valence-corrected chi connectivity index (χ2v) is 13.9. The number of sulfonamides is 1. The summed E-state index contributed by atoms with van der Waals surface area (Å²) in [6.45, 7) is 1.74. The number of ether oxygens (including phenoxy) is 1. The minimum absolute atomic E-state index is 0.103. The number of benzene rings is 2. The van der Waals surface area contributed by atoms with Gasteiger partial charge in [0.25, 0.3) is 5.91 Å². The molecule has 2 aromatic carbocycles. The smallest absolute Gasteiger partial charge is 0.344 e. The number of piperidine rings is 1. The topological polar surface area (TPSA) is 119 Å². The fraction of sp³-hybridized carbons (Fsp3) is 0.433. The molecular formula is C30H31Cl2N3O6S. The summed E-state index contributed by atoms with van der Waals surface area (Å²) in [6, 6.07) is 12.4. The minimum atomic E-state index is -3.65. The monoisotopic (exact) mass is 631 g/mol. The highest BCUT2D eigenvalue weighted by Crippen LogP contribution is 2.47. The maximum absolute atomic E-state index is 13.7. The lowest BCUT2D eigenvalue weighted by atomic mass is 9.98. The van der Waals surface area contributed by atoms with Crippen molar-refractivity contribution < 1.29 is 27.3 Å². The number of hydrogen-bond acceptors (Lipinski definition) is 8. The summed E-state index contributed by atoms with van der Waals surface area (Å²) in [5, 5.41) is 4.97. The van der Waals surface area contributed by atoms with Gasteiger partial charge >= 0.3 is 5.97 Å². The fourth-order valence-corrected chi connectivity index (χ4v) is 7.80. The van der Waals surface area contributed by atoms with Crippen molar-refractivity contribution >= 4 is 50.8 Å². The molecule has 42 heavy (non-hydrogen) atoms. The predicted octanol–water partition coefficient (Wildman–Crippen LogP) is 6.35. The quantitative estimate of drug-likeness (QED) is 0.271. The zero-order chi connectivity index (χ0) is 29.6. The van der Waals surface area contributed by atoms with Crippen LogP contribution < -0.4 is 9.62 Å². The second kappa shape index (κ2) is 11.5. The summed E-state index contributed by atoms with van der Waals surface area (Å²) >= 11 is 12.9. The SMILES string of the molecule is CCCS(=O)(=O)NC(=O)c1ccc(N2C3CCC2CC(OC(=O)c2c(-c4c(Cl)cccc4Cl)noc2C2CC2)C3)cc1. The minimum Gasteiger partial charge on any atom is -0.458 e. The van der Waals surface area contributed by atoms with Crippen LogP contribution in [0.25, 0.3) is 11.3 Å². The fourth-order valence-electron chi connectivity index (χ4n) is 6.18. The summed E-state index contributed by atoms with van der Waals surface area (Å²) in [4.78, 5) is 28.4. The van der Waals surface area contributed by atoms with Crippen LogP contribution in [0.15, 0.2) is 47.0 Å². The van der Waals surface area contributed by atoms with Crippen LogP contribution in [-0.4, -0.2) is 49.4 Å². The number of carbonyl (C=O) groups excluding carboxylic acids is 2. The Hall–Kier alpha value is -3.08. The molecule has 9 nitrogen and oxygen atoms in total. The van der Waals surface area contributed by atoms with Gasteiger partial charge in [-0.05, 0) is 68.5 Å². The van der Waals surface area contributed by atoms with E-state index in [-0.39, 0.29) is 35.4 Å². The lowest BCUT2D eigenvalue weighted by Gasteiger charge is -2.40. The second-order valence-electron chi connectivity index (χ2n) is 11.2. The van der Waals surface area contributed by atoms with E-state index in [1.165, 1.54) is 0 Å². The molecule has 3 aromatic rings. The number of nitrogens with zero attached hydrogens (tertiary/aromatic N) is 2. The van der Waals surface area contributed by atoms with Gasteiger partial charge in [0.2, 0.25) is 10.0 Å². The van der Waals surface area contributed by atoms with E-state index < -0.39 is 21.9 Å². The molecule has 1 aromatic heterocycles. The number of anilines is 1. The Labute approximate surface area is 254 Å². The van der Waals surface area contributed by atoms with Crippen molar-refractivity contribution in [3.05, 3.63) is 69.4 Å². The van der Waals surface area contributed by atoms with Crippen molar-refractivity contribution in [1.82, 2.24) is 9.88 Å². The van der Waals surface area contributed by atoms with Gasteiger partial charge in [0, 0.05) is 47.7 Å². The summed E-state index contributed by atoms with van der Waals surface area (Å²) in [7, 11) is -3.65. The Morgan fingerprint density at radius 1 is 1.02 bits per heavy atom. The largest absolute Gasteiger partial charge is 0.458 e. The first kappa shape index (κ1) is 29.0. The van der Waals surface area contributed by atoms with E-state index >= 15 is 0 Å². The highest BCUT2D eigenvalue weighted by molar-refractivity contribution is 7.90. The zero-order valence-corrected chi connectivity index (χ0v) is 25.3. The van der Waals surface area contributed by atoms with Crippen LogP contribution in [0.4, 0.5) is 5.69 Å². The van der Waals surface area contributed by atoms with Crippen LogP contribution in [-0.2, 0) is 14.8 Å². The average Bonchev–Trinajstić information content (AvgIpc) is 3.63. The first-order chi connectivity index (χ1) is 20.1. The van der Waals surface area contributed by atoms with Crippen molar-refractivity contribution in [2.45, 2.75) is 76.0 Å².